The monoisotopic (exact) mass is 416 g/mol. The summed E-state index contributed by atoms with van der Waals surface area (Å²) in [6.45, 7) is 6.41. The Hall–Kier alpha value is -2.34. The van der Waals surface area contributed by atoms with E-state index in [-0.39, 0.29) is 24.9 Å². The van der Waals surface area contributed by atoms with E-state index in [2.05, 4.69) is 12.2 Å². The van der Waals surface area contributed by atoms with Crippen molar-refractivity contribution in [3.63, 3.8) is 0 Å². The molecule has 2 aromatic rings. The predicted molar refractivity (Wildman–Crippen MR) is 120 cm³/mol. The third-order valence-corrected chi connectivity index (χ3v) is 6.22. The van der Waals surface area contributed by atoms with Crippen LogP contribution in [0.25, 0.3) is 0 Å². The number of sulfonamides is 1. The first-order valence-corrected chi connectivity index (χ1v) is 12.0. The van der Waals surface area contributed by atoms with E-state index < -0.39 is 10.0 Å². The number of benzene rings is 2. The molecule has 0 bridgehead atoms. The fourth-order valence-corrected chi connectivity index (χ4v) is 4.22. The summed E-state index contributed by atoms with van der Waals surface area (Å²) in [6.07, 6.45) is 3.64. The van der Waals surface area contributed by atoms with Gasteiger partial charge in [-0.3, -0.25) is 9.10 Å². The maximum atomic E-state index is 12.4. The summed E-state index contributed by atoms with van der Waals surface area (Å²) in [5.74, 6) is -0.0628. The molecule has 0 unspecified atom stereocenters. The van der Waals surface area contributed by atoms with Gasteiger partial charge in [0.1, 0.15) is 0 Å². The summed E-state index contributed by atoms with van der Waals surface area (Å²) < 4.78 is 25.8. The minimum atomic E-state index is -3.41. The van der Waals surface area contributed by atoms with Crippen LogP contribution in [0.5, 0.6) is 0 Å². The number of carbonyl (C=O) groups excluding carboxylic acids is 1. The van der Waals surface area contributed by atoms with E-state index in [4.69, 9.17) is 0 Å². The van der Waals surface area contributed by atoms with Crippen molar-refractivity contribution in [1.82, 2.24) is 5.32 Å². The van der Waals surface area contributed by atoms with Gasteiger partial charge in [-0.15, -0.1) is 0 Å². The number of anilines is 1. The lowest BCUT2D eigenvalue weighted by Crippen LogP contribution is -2.33. The highest BCUT2D eigenvalue weighted by molar-refractivity contribution is 7.92. The molecule has 0 fully saturated rings. The SMILES string of the molecule is CCc1ccc(N(CCCC(=O)N[C@H](CC)c2ccc(C)cc2)S(C)(=O)=O)cc1. The van der Waals surface area contributed by atoms with Crippen LogP contribution in [0.3, 0.4) is 0 Å². The van der Waals surface area contributed by atoms with Crippen LogP contribution >= 0.6 is 0 Å². The molecule has 0 aliphatic heterocycles. The molecule has 0 radical (unpaired) electrons. The molecule has 1 N–H and O–H groups in total. The molecule has 0 spiro atoms. The van der Waals surface area contributed by atoms with Gasteiger partial charge in [-0.2, -0.15) is 0 Å². The van der Waals surface area contributed by atoms with E-state index in [0.717, 1.165) is 24.0 Å². The topological polar surface area (TPSA) is 66.5 Å². The number of carbonyl (C=O) groups is 1. The van der Waals surface area contributed by atoms with Crippen molar-refractivity contribution >= 4 is 21.6 Å². The van der Waals surface area contributed by atoms with Gasteiger partial charge in [-0.05, 0) is 49.4 Å². The normalized spacial score (nSPS) is 12.4. The molecule has 0 aromatic heterocycles. The zero-order valence-electron chi connectivity index (χ0n) is 17.8. The van der Waals surface area contributed by atoms with Crippen LogP contribution in [0.1, 0.15) is 55.8 Å². The smallest absolute Gasteiger partial charge is 0.232 e. The summed E-state index contributed by atoms with van der Waals surface area (Å²) in [6, 6.07) is 15.6. The summed E-state index contributed by atoms with van der Waals surface area (Å²) in [4.78, 5) is 12.4. The van der Waals surface area contributed by atoms with Gasteiger partial charge < -0.3 is 5.32 Å². The van der Waals surface area contributed by atoms with E-state index >= 15 is 0 Å². The largest absolute Gasteiger partial charge is 0.349 e. The van der Waals surface area contributed by atoms with Gasteiger partial charge in [-0.25, -0.2) is 8.42 Å². The zero-order chi connectivity index (χ0) is 21.4. The van der Waals surface area contributed by atoms with Crippen molar-refractivity contribution in [2.24, 2.45) is 0 Å². The molecule has 0 aliphatic carbocycles. The standard InChI is InChI=1S/C23H32N2O3S/c1-5-19-11-15-21(16-12-19)25(29(4,27)28)17-7-8-23(26)24-22(6-2)20-13-9-18(3)10-14-20/h9-16,22H,5-8,17H2,1-4H3,(H,24,26)/t22-/m1/s1. The Kier molecular flexibility index (Phi) is 8.26. The van der Waals surface area contributed by atoms with Crippen LogP contribution in [0.2, 0.25) is 0 Å². The molecule has 2 aromatic carbocycles. The van der Waals surface area contributed by atoms with Crippen molar-refractivity contribution in [3.05, 3.63) is 65.2 Å². The minimum absolute atomic E-state index is 0.0318. The lowest BCUT2D eigenvalue weighted by Gasteiger charge is -2.23. The number of amides is 1. The molecule has 158 valence electrons. The second kappa shape index (κ2) is 10.4. The molecule has 0 heterocycles. The predicted octanol–water partition coefficient (Wildman–Crippen LogP) is 4.37. The molecule has 1 atom stereocenters. The van der Waals surface area contributed by atoms with Crippen LogP contribution in [-0.4, -0.2) is 27.1 Å². The van der Waals surface area contributed by atoms with E-state index in [1.807, 2.05) is 62.4 Å². The van der Waals surface area contributed by atoms with E-state index in [1.165, 1.54) is 16.1 Å². The molecule has 6 heteroatoms. The average Bonchev–Trinajstić information content (AvgIpc) is 2.69. The molecular weight excluding hydrogens is 384 g/mol. The van der Waals surface area contributed by atoms with Crippen LogP contribution in [0.4, 0.5) is 5.69 Å². The Labute approximate surface area is 175 Å². The number of hydrogen-bond donors (Lipinski definition) is 1. The lowest BCUT2D eigenvalue weighted by atomic mass is 10.0. The van der Waals surface area contributed by atoms with Gasteiger partial charge in [0.05, 0.1) is 18.0 Å². The quantitative estimate of drug-likeness (QED) is 0.625. The van der Waals surface area contributed by atoms with Gasteiger partial charge in [-0.1, -0.05) is 55.8 Å². The fraction of sp³-hybridized carbons (Fsp3) is 0.435. The van der Waals surface area contributed by atoms with Crippen LogP contribution in [-0.2, 0) is 21.2 Å². The molecule has 0 aliphatic rings. The fourth-order valence-electron chi connectivity index (χ4n) is 3.25. The highest BCUT2D eigenvalue weighted by atomic mass is 32.2. The molecule has 29 heavy (non-hydrogen) atoms. The summed E-state index contributed by atoms with van der Waals surface area (Å²) in [5.41, 5.74) is 4.06. The summed E-state index contributed by atoms with van der Waals surface area (Å²) in [7, 11) is -3.41. The first-order chi connectivity index (χ1) is 13.7. The minimum Gasteiger partial charge on any atom is -0.349 e. The summed E-state index contributed by atoms with van der Waals surface area (Å²) in [5, 5.41) is 3.06. The number of nitrogens with one attached hydrogen (secondary N) is 1. The van der Waals surface area contributed by atoms with Crippen LogP contribution in [0.15, 0.2) is 48.5 Å². The lowest BCUT2D eigenvalue weighted by molar-refractivity contribution is -0.121. The van der Waals surface area contributed by atoms with Crippen molar-refractivity contribution in [2.75, 3.05) is 17.1 Å². The second-order valence-electron chi connectivity index (χ2n) is 7.40. The average molecular weight is 417 g/mol. The maximum absolute atomic E-state index is 12.4. The Bertz CT molecular complexity index is 891. The van der Waals surface area contributed by atoms with Gasteiger partial charge in [0.15, 0.2) is 0 Å². The van der Waals surface area contributed by atoms with E-state index in [0.29, 0.717) is 12.1 Å². The Morgan fingerprint density at radius 2 is 1.66 bits per heavy atom. The van der Waals surface area contributed by atoms with Crippen molar-refractivity contribution < 1.29 is 13.2 Å². The molecule has 2 rings (SSSR count). The summed E-state index contributed by atoms with van der Waals surface area (Å²) >= 11 is 0. The van der Waals surface area contributed by atoms with Gasteiger partial charge in [0.25, 0.3) is 0 Å². The maximum Gasteiger partial charge on any atom is 0.232 e. The Morgan fingerprint density at radius 1 is 1.03 bits per heavy atom. The zero-order valence-corrected chi connectivity index (χ0v) is 18.6. The van der Waals surface area contributed by atoms with Gasteiger partial charge in [0, 0.05) is 13.0 Å². The van der Waals surface area contributed by atoms with E-state index in [1.54, 1.807) is 0 Å². The first-order valence-electron chi connectivity index (χ1n) is 10.2. The Morgan fingerprint density at radius 3 is 2.17 bits per heavy atom. The highest BCUT2D eigenvalue weighted by Crippen LogP contribution is 2.20. The highest BCUT2D eigenvalue weighted by Gasteiger charge is 2.18. The Balaban J connectivity index is 1.95. The first kappa shape index (κ1) is 22.9. The number of hydrogen-bond acceptors (Lipinski definition) is 3. The van der Waals surface area contributed by atoms with Crippen LogP contribution < -0.4 is 9.62 Å². The molecule has 5 nitrogen and oxygen atoms in total. The molecule has 0 saturated carbocycles. The van der Waals surface area contributed by atoms with Crippen molar-refractivity contribution in [2.45, 2.75) is 52.5 Å². The molecule has 1 amide bonds. The van der Waals surface area contributed by atoms with Crippen molar-refractivity contribution in [1.29, 1.82) is 0 Å². The molecule has 0 saturated heterocycles. The van der Waals surface area contributed by atoms with Gasteiger partial charge in [0.2, 0.25) is 15.9 Å². The third-order valence-electron chi connectivity index (χ3n) is 5.02. The second-order valence-corrected chi connectivity index (χ2v) is 9.30. The van der Waals surface area contributed by atoms with E-state index in [9.17, 15) is 13.2 Å². The molecular formula is C23H32N2O3S. The van der Waals surface area contributed by atoms with Crippen molar-refractivity contribution in [3.8, 4) is 0 Å². The number of aryl methyl sites for hydroxylation is 2. The number of nitrogens with zero attached hydrogens (tertiary/aromatic N) is 1. The third kappa shape index (κ3) is 6.89. The van der Waals surface area contributed by atoms with Crippen LogP contribution in [0, 0.1) is 6.92 Å². The number of rotatable bonds is 10. The van der Waals surface area contributed by atoms with Gasteiger partial charge >= 0.3 is 0 Å².